The van der Waals surface area contributed by atoms with Crippen molar-refractivity contribution in [3.05, 3.63) is 71.2 Å². The molecule has 3 aromatic heterocycles. The lowest BCUT2D eigenvalue weighted by Crippen LogP contribution is -2.05. The summed E-state index contributed by atoms with van der Waals surface area (Å²) in [4.78, 5) is 2.76. The van der Waals surface area contributed by atoms with Gasteiger partial charge in [-0.25, -0.2) is 0 Å². The van der Waals surface area contributed by atoms with Gasteiger partial charge in [-0.05, 0) is 48.6 Å². The average molecular weight is 495 g/mol. The minimum Gasteiger partial charge on any atom is -0.490 e. The minimum atomic E-state index is 0.00896. The summed E-state index contributed by atoms with van der Waals surface area (Å²) in [5.41, 5.74) is 0.0208. The van der Waals surface area contributed by atoms with Crippen molar-refractivity contribution in [1.82, 2.24) is 0 Å². The van der Waals surface area contributed by atoms with Crippen molar-refractivity contribution < 1.29 is 13.6 Å². The van der Waals surface area contributed by atoms with Gasteiger partial charge in [0, 0.05) is 5.75 Å². The van der Waals surface area contributed by atoms with Crippen LogP contribution >= 0.6 is 23.1 Å². The number of rotatable bonds is 6. The zero-order valence-electron chi connectivity index (χ0n) is 18.0. The maximum Gasteiger partial charge on any atom is 0.155 e. The normalized spacial score (nSPS) is 12.1. The zero-order valence-corrected chi connectivity index (χ0v) is 19.7. The summed E-state index contributed by atoms with van der Waals surface area (Å²) in [6.07, 6.45) is 9.41. The lowest BCUT2D eigenvalue weighted by atomic mass is 10.3. The molecule has 0 atom stereocenters. The summed E-state index contributed by atoms with van der Waals surface area (Å²) in [6, 6.07) is 14.6. The average Bonchev–Trinajstić information content (AvgIpc) is 3.63. The van der Waals surface area contributed by atoms with E-state index in [9.17, 15) is 0 Å². The van der Waals surface area contributed by atoms with E-state index in [-0.39, 0.29) is 11.1 Å². The number of ether oxygens (including phenoxy) is 1. The van der Waals surface area contributed by atoms with Crippen LogP contribution < -0.4 is 4.74 Å². The molecule has 35 heavy (non-hydrogen) atoms. The van der Waals surface area contributed by atoms with E-state index in [1.54, 1.807) is 66.4 Å². The molecule has 0 N–H and O–H groups in total. The van der Waals surface area contributed by atoms with Gasteiger partial charge in [0.05, 0.1) is 16.4 Å². The molecule has 0 fully saturated rings. The maximum absolute atomic E-state index is 8.82. The standard InChI is InChI=1S/C26H14N4O3S2/c27-13-17(14-28)3-1-5-19-7-9-21(32-19)24-23-26(34-12-11-31-23)25(35-24)22-10-8-20(33-22)6-2-4-18(15-29)16-30/h1-10H,11-12H2/b5-1+,6-2+. The monoisotopic (exact) mass is 494 g/mol. The molecule has 4 heterocycles. The van der Waals surface area contributed by atoms with E-state index in [4.69, 9.17) is 34.6 Å². The van der Waals surface area contributed by atoms with E-state index >= 15 is 0 Å². The molecule has 0 spiro atoms. The summed E-state index contributed by atoms with van der Waals surface area (Å²) in [7, 11) is 0. The second-order valence-electron chi connectivity index (χ2n) is 6.85. The molecule has 168 valence electrons. The van der Waals surface area contributed by atoms with Crippen molar-refractivity contribution in [2.24, 2.45) is 0 Å². The Morgan fingerprint density at radius 1 is 0.771 bits per heavy atom. The number of allylic oxidation sites excluding steroid dienone is 6. The Morgan fingerprint density at radius 2 is 1.31 bits per heavy atom. The molecule has 0 aromatic carbocycles. The molecule has 0 saturated carbocycles. The van der Waals surface area contributed by atoms with Gasteiger partial charge in [-0.15, -0.1) is 23.1 Å². The van der Waals surface area contributed by atoms with Gasteiger partial charge in [-0.2, -0.15) is 21.0 Å². The van der Waals surface area contributed by atoms with E-state index in [1.807, 2.05) is 18.2 Å². The molecule has 4 rings (SSSR count). The van der Waals surface area contributed by atoms with Crippen LogP contribution in [0, 0.1) is 45.3 Å². The van der Waals surface area contributed by atoms with E-state index in [0.29, 0.717) is 29.6 Å². The highest BCUT2D eigenvalue weighted by Gasteiger charge is 2.27. The lowest BCUT2D eigenvalue weighted by Gasteiger charge is -2.14. The van der Waals surface area contributed by atoms with Crippen LogP contribution in [0.5, 0.6) is 5.75 Å². The third-order valence-electron chi connectivity index (χ3n) is 4.63. The first kappa shape index (κ1) is 23.5. The Morgan fingerprint density at radius 3 is 1.86 bits per heavy atom. The molecular formula is C26H14N4O3S2. The first-order valence-electron chi connectivity index (χ1n) is 10.2. The fourth-order valence-electron chi connectivity index (χ4n) is 3.08. The van der Waals surface area contributed by atoms with Gasteiger partial charge in [0.1, 0.15) is 63.3 Å². The third-order valence-corrected chi connectivity index (χ3v) is 7.01. The van der Waals surface area contributed by atoms with Crippen LogP contribution in [-0.4, -0.2) is 12.4 Å². The molecule has 0 bridgehead atoms. The molecule has 7 nitrogen and oxygen atoms in total. The van der Waals surface area contributed by atoms with Gasteiger partial charge >= 0.3 is 0 Å². The number of hydrogen-bond acceptors (Lipinski definition) is 9. The van der Waals surface area contributed by atoms with Gasteiger partial charge in [-0.3, -0.25) is 0 Å². The number of thiophene rings is 1. The largest absolute Gasteiger partial charge is 0.490 e. The van der Waals surface area contributed by atoms with Crippen molar-refractivity contribution in [2.45, 2.75) is 4.90 Å². The number of nitrogens with zero attached hydrogens (tertiary/aromatic N) is 4. The molecule has 0 unspecified atom stereocenters. The van der Waals surface area contributed by atoms with Crippen molar-refractivity contribution in [1.29, 1.82) is 21.0 Å². The topological polar surface area (TPSA) is 131 Å². The Hall–Kier alpha value is -4.67. The summed E-state index contributed by atoms with van der Waals surface area (Å²) in [5.74, 6) is 4.05. The second kappa shape index (κ2) is 11.0. The van der Waals surface area contributed by atoms with Gasteiger partial charge in [-0.1, -0.05) is 12.2 Å². The Bertz CT molecular complexity index is 1410. The molecule has 3 aromatic rings. The molecule has 0 aliphatic carbocycles. The first-order chi connectivity index (χ1) is 17.2. The number of nitriles is 4. The van der Waals surface area contributed by atoms with E-state index in [2.05, 4.69) is 0 Å². The summed E-state index contributed by atoms with van der Waals surface area (Å²) in [6.45, 7) is 0.586. The Balaban J connectivity index is 1.63. The van der Waals surface area contributed by atoms with E-state index in [0.717, 1.165) is 26.2 Å². The number of fused-ring (bicyclic) bond motifs is 1. The highest BCUT2D eigenvalue weighted by molar-refractivity contribution is 7.99. The highest BCUT2D eigenvalue weighted by atomic mass is 32.2. The number of furan rings is 2. The van der Waals surface area contributed by atoms with Gasteiger partial charge < -0.3 is 13.6 Å². The van der Waals surface area contributed by atoms with Crippen LogP contribution in [-0.2, 0) is 0 Å². The second-order valence-corrected chi connectivity index (χ2v) is 8.97. The quantitative estimate of drug-likeness (QED) is 0.272. The van der Waals surface area contributed by atoms with Gasteiger partial charge in [0.15, 0.2) is 5.75 Å². The SMILES string of the molecule is N#CC(C#N)=C/C=C/c1ccc(-c2sc(-c3ccc(/C=C/C=C(C#N)C#N)o3)c3c2OCCS3)o1. The van der Waals surface area contributed by atoms with Crippen LogP contribution in [0.25, 0.3) is 33.4 Å². The molecule has 0 radical (unpaired) electrons. The predicted octanol–water partition coefficient (Wildman–Crippen LogP) is 6.73. The third kappa shape index (κ3) is 5.29. The van der Waals surface area contributed by atoms with Crippen molar-refractivity contribution in [2.75, 3.05) is 12.4 Å². The number of hydrogen-bond donors (Lipinski definition) is 0. The predicted molar refractivity (Wildman–Crippen MR) is 133 cm³/mol. The molecule has 1 aliphatic heterocycles. The van der Waals surface area contributed by atoms with Crippen molar-refractivity contribution in [3.63, 3.8) is 0 Å². The summed E-state index contributed by atoms with van der Waals surface area (Å²) < 4.78 is 18.0. The Kier molecular flexibility index (Phi) is 7.36. The fourth-order valence-corrected chi connectivity index (χ4v) is 5.41. The molecular weight excluding hydrogens is 480 g/mol. The summed E-state index contributed by atoms with van der Waals surface area (Å²) >= 11 is 3.20. The number of thioether (sulfide) groups is 1. The molecule has 9 heteroatoms. The smallest absolute Gasteiger partial charge is 0.155 e. The zero-order chi connectivity index (χ0) is 24.6. The first-order valence-corrected chi connectivity index (χ1v) is 12.0. The molecule has 0 saturated heterocycles. The molecule has 0 amide bonds. The fraction of sp³-hybridized carbons (Fsp3) is 0.0769. The maximum atomic E-state index is 8.82. The van der Waals surface area contributed by atoms with Gasteiger partial charge in [0.2, 0.25) is 0 Å². The Labute approximate surface area is 209 Å². The lowest BCUT2D eigenvalue weighted by molar-refractivity contribution is 0.332. The van der Waals surface area contributed by atoms with Crippen LogP contribution in [0.4, 0.5) is 0 Å². The van der Waals surface area contributed by atoms with Crippen molar-refractivity contribution in [3.8, 4) is 51.3 Å². The molecule has 1 aliphatic rings. The highest BCUT2D eigenvalue weighted by Crippen LogP contribution is 2.53. The van der Waals surface area contributed by atoms with Crippen LogP contribution in [0.15, 0.2) is 73.4 Å². The van der Waals surface area contributed by atoms with Crippen LogP contribution in [0.2, 0.25) is 0 Å². The minimum absolute atomic E-state index is 0.00896. The van der Waals surface area contributed by atoms with Crippen LogP contribution in [0.3, 0.4) is 0 Å². The van der Waals surface area contributed by atoms with Crippen LogP contribution in [0.1, 0.15) is 11.5 Å². The van der Waals surface area contributed by atoms with E-state index < -0.39 is 0 Å². The van der Waals surface area contributed by atoms with Gasteiger partial charge in [0.25, 0.3) is 0 Å². The van der Waals surface area contributed by atoms with Crippen molar-refractivity contribution >= 4 is 35.3 Å². The summed E-state index contributed by atoms with van der Waals surface area (Å²) in [5, 5.41) is 35.3. The van der Waals surface area contributed by atoms with E-state index in [1.165, 1.54) is 23.5 Å².